The summed E-state index contributed by atoms with van der Waals surface area (Å²) < 4.78 is 11.6. The molecule has 360 valence electrons. The number of aryl methyl sites for hydroxylation is 1. The van der Waals surface area contributed by atoms with Crippen LogP contribution in [0.1, 0.15) is 70.7 Å². The topological polar surface area (TPSA) is 177 Å². The van der Waals surface area contributed by atoms with Gasteiger partial charge in [0.25, 0.3) is 5.91 Å². The molecule has 17 heteroatoms. The summed E-state index contributed by atoms with van der Waals surface area (Å²) in [5.41, 5.74) is 6.55. The third kappa shape index (κ3) is 11.6. The highest BCUT2D eigenvalue weighted by Gasteiger charge is 2.50. The van der Waals surface area contributed by atoms with Crippen LogP contribution in [0.2, 0.25) is 5.02 Å². The van der Waals surface area contributed by atoms with Gasteiger partial charge in [-0.1, -0.05) is 80.9 Å². The number of nitriles is 1. The van der Waals surface area contributed by atoms with Gasteiger partial charge in [0.1, 0.15) is 36.0 Å². The molecule has 69 heavy (non-hydrogen) atoms. The highest BCUT2D eigenvalue weighted by Crippen LogP contribution is 2.38. The number of thiocarbonyl (C=S) groups is 1. The average Bonchev–Trinajstić information content (AvgIpc) is 3.99. The molecule has 0 bridgehead atoms. The Balaban J connectivity index is 0.831. The van der Waals surface area contributed by atoms with E-state index in [0.717, 1.165) is 38.5 Å². The maximum absolute atomic E-state index is 14.0. The molecule has 0 spiro atoms. The Morgan fingerprint density at radius 2 is 1.61 bits per heavy atom. The van der Waals surface area contributed by atoms with Crippen molar-refractivity contribution in [1.82, 2.24) is 20.5 Å². The summed E-state index contributed by atoms with van der Waals surface area (Å²) in [4.78, 5) is 64.2. The van der Waals surface area contributed by atoms with E-state index in [4.69, 9.17) is 33.3 Å². The molecule has 7 rings (SSSR count). The Bertz CT molecular complexity index is 2730. The van der Waals surface area contributed by atoms with Gasteiger partial charge < -0.3 is 35.0 Å². The Labute approximate surface area is 417 Å². The monoisotopic (exact) mass is 989 g/mol. The van der Waals surface area contributed by atoms with Gasteiger partial charge in [0, 0.05) is 31.8 Å². The number of rotatable bonds is 17. The second-order valence-corrected chi connectivity index (χ2v) is 20.3. The predicted octanol–water partition coefficient (Wildman–Crippen LogP) is 8.21. The van der Waals surface area contributed by atoms with Crippen molar-refractivity contribution in [2.24, 2.45) is 5.41 Å². The number of β-amino-alcohol motifs (C(OH)–C–C–N with tert-alkyl or cyclic N) is 1. The van der Waals surface area contributed by atoms with Gasteiger partial charge in [-0.25, -0.2) is 4.98 Å². The normalized spacial score (nSPS) is 17.2. The van der Waals surface area contributed by atoms with Gasteiger partial charge in [-0.3, -0.25) is 24.1 Å². The molecule has 14 nitrogen and oxygen atoms in total. The number of benzene rings is 4. The molecular formula is C52H56ClN7O7S2. The van der Waals surface area contributed by atoms with Crippen LogP contribution in [-0.2, 0) is 30.5 Å². The second kappa shape index (κ2) is 21.6. The maximum atomic E-state index is 14.0. The number of halogens is 1. The number of hydrogen-bond acceptors (Lipinski definition) is 11. The minimum atomic E-state index is -0.970. The zero-order valence-corrected chi connectivity index (χ0v) is 41.8. The molecule has 3 heterocycles. The first kappa shape index (κ1) is 50.7. The van der Waals surface area contributed by atoms with Crippen molar-refractivity contribution >= 4 is 75.3 Å². The summed E-state index contributed by atoms with van der Waals surface area (Å²) in [6.45, 7) is 11.9. The lowest BCUT2D eigenvalue weighted by Gasteiger charge is -2.35. The maximum Gasteiger partial charge on any atom is 0.259 e. The van der Waals surface area contributed by atoms with Crippen LogP contribution in [0.3, 0.4) is 0 Å². The molecule has 2 saturated heterocycles. The Kier molecular flexibility index (Phi) is 15.9. The van der Waals surface area contributed by atoms with E-state index in [2.05, 4.69) is 15.6 Å². The number of likely N-dealkylation sites (tertiary alicyclic amines) is 1. The number of aliphatic hydroxyl groups is 1. The third-order valence-electron chi connectivity index (χ3n) is 12.2. The zero-order chi connectivity index (χ0) is 49.6. The average molecular weight is 991 g/mol. The van der Waals surface area contributed by atoms with Crippen LogP contribution in [0.5, 0.6) is 5.75 Å². The van der Waals surface area contributed by atoms with Crippen LogP contribution < -0.4 is 25.2 Å². The second-order valence-electron chi connectivity index (χ2n) is 18.7. The van der Waals surface area contributed by atoms with Crippen LogP contribution in [0, 0.1) is 23.7 Å². The van der Waals surface area contributed by atoms with Gasteiger partial charge in [0.2, 0.25) is 17.7 Å². The van der Waals surface area contributed by atoms with Crippen molar-refractivity contribution in [2.45, 2.75) is 91.1 Å². The fourth-order valence-electron chi connectivity index (χ4n) is 8.38. The molecule has 1 aromatic heterocycles. The van der Waals surface area contributed by atoms with Gasteiger partial charge in [0.15, 0.2) is 5.11 Å². The third-order valence-corrected chi connectivity index (χ3v) is 13.9. The van der Waals surface area contributed by atoms with Crippen LogP contribution in [0.25, 0.3) is 21.6 Å². The number of ether oxygens (including phenoxy) is 2. The quantitative estimate of drug-likeness (QED) is 0.0605. The van der Waals surface area contributed by atoms with Crippen LogP contribution in [-0.4, -0.2) is 93.8 Å². The molecule has 4 aromatic carbocycles. The summed E-state index contributed by atoms with van der Waals surface area (Å²) in [7, 11) is 0. The number of amides is 4. The molecule has 3 atom stereocenters. The predicted molar refractivity (Wildman–Crippen MR) is 272 cm³/mol. The standard InChI is InChI=1S/C52H56ClN7O7S2/c1-32-45(69-31-56-32)36-11-9-33(10-12-36)28-55-47(63)43-26-40(61)29-58(43)48(64)46(51(2,3)4)57-44(62)30-66-23-7-8-24-67-41-21-16-35(17-22-41)34-13-18-38(19-14-34)60-50(68)59(49(65)52(60,5)6)39-20-15-37(27-54)42(53)25-39/h9-22,25,31,40,43,46,61H,7-8,23-24,26,28-30H2,1-6H3,(H,55,63)(H,57,62)/t40-,43+,46?/m1/s1. The number of unbranched alkanes of at least 4 members (excludes halogenated alkanes) is 1. The Morgan fingerprint density at radius 1 is 0.971 bits per heavy atom. The fraction of sp³-hybridized carbons (Fsp3) is 0.365. The highest BCUT2D eigenvalue weighted by atomic mass is 35.5. The molecule has 1 unspecified atom stereocenters. The lowest BCUT2D eigenvalue weighted by molar-refractivity contribution is -0.144. The smallest absolute Gasteiger partial charge is 0.259 e. The summed E-state index contributed by atoms with van der Waals surface area (Å²) in [5.74, 6) is -0.768. The van der Waals surface area contributed by atoms with E-state index in [1.165, 1.54) is 9.80 Å². The molecule has 2 fully saturated rings. The van der Waals surface area contributed by atoms with Crippen molar-refractivity contribution in [3.63, 3.8) is 0 Å². The number of nitrogens with zero attached hydrogens (tertiary/aromatic N) is 5. The number of aromatic nitrogens is 1. The highest BCUT2D eigenvalue weighted by molar-refractivity contribution is 7.81. The number of nitrogens with one attached hydrogen (secondary N) is 2. The Morgan fingerprint density at radius 3 is 2.23 bits per heavy atom. The molecule has 2 aliphatic heterocycles. The minimum Gasteiger partial charge on any atom is -0.494 e. The summed E-state index contributed by atoms with van der Waals surface area (Å²) in [6.07, 6.45) is 0.541. The van der Waals surface area contributed by atoms with Gasteiger partial charge in [-0.15, -0.1) is 11.3 Å². The largest absolute Gasteiger partial charge is 0.494 e. The van der Waals surface area contributed by atoms with Gasteiger partial charge in [0.05, 0.1) is 45.1 Å². The van der Waals surface area contributed by atoms with E-state index in [9.17, 15) is 29.5 Å². The van der Waals surface area contributed by atoms with E-state index < -0.39 is 41.0 Å². The minimum absolute atomic E-state index is 0.0161. The zero-order valence-electron chi connectivity index (χ0n) is 39.5. The van der Waals surface area contributed by atoms with Crippen LogP contribution >= 0.6 is 35.2 Å². The summed E-state index contributed by atoms with van der Waals surface area (Å²) in [6, 6.07) is 28.4. The lowest BCUT2D eigenvalue weighted by Crippen LogP contribution is -2.58. The molecule has 0 saturated carbocycles. The first-order valence-corrected chi connectivity index (χ1v) is 24.4. The summed E-state index contributed by atoms with van der Waals surface area (Å²) >= 11 is 13.7. The van der Waals surface area contributed by atoms with E-state index >= 15 is 0 Å². The molecule has 3 N–H and O–H groups in total. The van der Waals surface area contributed by atoms with Gasteiger partial charge >= 0.3 is 0 Å². The SMILES string of the molecule is Cc1ncsc1-c1ccc(CNC(=O)[C@@H]2C[C@@H](O)CN2C(=O)C(NC(=O)COCCCCOc2ccc(-c3ccc(N4C(=S)N(c5ccc(C#N)c(Cl)c5)C(=O)C4(C)C)cc3)cc2)C(C)(C)C)cc1. The van der Waals surface area contributed by atoms with Gasteiger partial charge in [-0.2, -0.15) is 5.26 Å². The van der Waals surface area contributed by atoms with Crippen molar-refractivity contribution in [3.05, 3.63) is 118 Å². The number of aliphatic hydroxyl groups excluding tert-OH is 1. The van der Waals surface area contributed by atoms with E-state index in [1.807, 2.05) is 131 Å². The number of carbonyl (C=O) groups is 4. The van der Waals surface area contributed by atoms with Gasteiger partial charge in [-0.05, 0) is 116 Å². The molecule has 0 radical (unpaired) electrons. The van der Waals surface area contributed by atoms with Crippen molar-refractivity contribution in [2.75, 3.05) is 36.2 Å². The van der Waals surface area contributed by atoms with Crippen LogP contribution in [0.15, 0.2) is 96.5 Å². The molecule has 2 aliphatic rings. The van der Waals surface area contributed by atoms with E-state index in [-0.39, 0.29) is 43.0 Å². The molecule has 4 amide bonds. The van der Waals surface area contributed by atoms with Crippen molar-refractivity contribution < 1.29 is 33.8 Å². The number of thiazole rings is 1. The van der Waals surface area contributed by atoms with Crippen molar-refractivity contribution in [3.8, 4) is 33.4 Å². The summed E-state index contributed by atoms with van der Waals surface area (Å²) in [5, 5.41) is 26.2. The fourth-order valence-corrected chi connectivity index (χ4v) is 9.93. The molecular weight excluding hydrogens is 934 g/mol. The van der Waals surface area contributed by atoms with E-state index in [1.54, 1.807) is 29.5 Å². The molecule has 5 aromatic rings. The number of carbonyl (C=O) groups excluding carboxylic acids is 4. The Hall–Kier alpha value is -6.22. The lowest BCUT2D eigenvalue weighted by atomic mass is 9.85. The first-order chi connectivity index (χ1) is 32.9. The van der Waals surface area contributed by atoms with Crippen LogP contribution in [0.4, 0.5) is 11.4 Å². The number of hydrogen-bond donors (Lipinski definition) is 3. The first-order valence-electron chi connectivity index (χ1n) is 22.7. The van der Waals surface area contributed by atoms with E-state index in [0.29, 0.717) is 48.2 Å². The molecule has 0 aliphatic carbocycles. The van der Waals surface area contributed by atoms with Crippen molar-refractivity contribution in [1.29, 1.82) is 5.26 Å². The number of anilines is 2.